The van der Waals surface area contributed by atoms with Gasteiger partial charge in [0, 0.05) is 16.3 Å². The third-order valence-corrected chi connectivity index (χ3v) is 4.04. The minimum Gasteiger partial charge on any atom is -0.463 e. The molecule has 2 aromatic rings. The number of hydrogen-bond donors (Lipinski definition) is 2. The van der Waals surface area contributed by atoms with E-state index in [4.69, 9.17) is 22.1 Å². The normalized spacial score (nSPS) is 16.4. The number of carbonyl (C=O) groups is 1. The van der Waals surface area contributed by atoms with E-state index in [1.54, 1.807) is 24.3 Å². The minimum atomic E-state index is -0.162. The molecule has 0 aromatic heterocycles. The van der Waals surface area contributed by atoms with Gasteiger partial charge in [0.1, 0.15) is 6.61 Å². The molecule has 3 N–H and O–H groups in total. The number of nitrogens with two attached hydrogens (primary N) is 1. The van der Waals surface area contributed by atoms with Crippen LogP contribution in [0.5, 0.6) is 0 Å². The monoisotopic (exact) mass is 343 g/mol. The molecule has 1 heterocycles. The third-order valence-electron chi connectivity index (χ3n) is 3.79. The van der Waals surface area contributed by atoms with Gasteiger partial charge in [0.15, 0.2) is 0 Å². The Labute approximate surface area is 145 Å². The molecule has 1 aliphatic heterocycles. The lowest BCUT2D eigenvalue weighted by Crippen LogP contribution is -2.12. The van der Waals surface area contributed by atoms with Crippen LogP contribution < -0.4 is 11.1 Å². The first-order valence-corrected chi connectivity index (χ1v) is 8.10. The molecule has 6 heteroatoms. The maximum Gasteiger partial charge on any atom is 0.282 e. The topological polar surface area (TPSA) is 76.7 Å². The quantitative estimate of drug-likeness (QED) is 0.875. The number of aliphatic imine (C=N–C) groups is 1. The van der Waals surface area contributed by atoms with Crippen LogP contribution in [0.2, 0.25) is 5.02 Å². The van der Waals surface area contributed by atoms with Crippen molar-refractivity contribution in [1.29, 1.82) is 0 Å². The summed E-state index contributed by atoms with van der Waals surface area (Å²) in [6.07, 6.45) is 1.70. The highest BCUT2D eigenvalue weighted by atomic mass is 35.5. The van der Waals surface area contributed by atoms with Crippen LogP contribution in [-0.2, 0) is 11.2 Å². The third kappa shape index (κ3) is 4.26. The number of carbonyl (C=O) groups excluding carboxylic acids is 1. The van der Waals surface area contributed by atoms with E-state index in [0.29, 0.717) is 17.2 Å². The summed E-state index contributed by atoms with van der Waals surface area (Å²) in [5.41, 5.74) is 7.97. The number of ether oxygens (including phenoxy) is 1. The number of rotatable bonds is 5. The van der Waals surface area contributed by atoms with Gasteiger partial charge < -0.3 is 15.8 Å². The number of nitrogens with zero attached hydrogens (tertiary/aromatic N) is 1. The summed E-state index contributed by atoms with van der Waals surface area (Å²) in [7, 11) is 0. The van der Waals surface area contributed by atoms with Crippen molar-refractivity contribution in [3.05, 3.63) is 64.7 Å². The fourth-order valence-electron chi connectivity index (χ4n) is 2.53. The molecule has 1 amide bonds. The van der Waals surface area contributed by atoms with Gasteiger partial charge in [-0.15, -0.1) is 0 Å². The summed E-state index contributed by atoms with van der Waals surface area (Å²) in [4.78, 5) is 16.5. The highest BCUT2D eigenvalue weighted by Crippen LogP contribution is 2.17. The van der Waals surface area contributed by atoms with E-state index >= 15 is 0 Å². The Kier molecular flexibility index (Phi) is 5.01. The molecular weight excluding hydrogens is 326 g/mol. The van der Waals surface area contributed by atoms with Gasteiger partial charge in [0.2, 0.25) is 0 Å². The largest absolute Gasteiger partial charge is 0.463 e. The van der Waals surface area contributed by atoms with Crippen molar-refractivity contribution >= 4 is 29.2 Å². The molecule has 0 saturated carbocycles. The van der Waals surface area contributed by atoms with Crippen molar-refractivity contribution in [2.45, 2.75) is 18.9 Å². The van der Waals surface area contributed by atoms with Crippen LogP contribution in [0.15, 0.2) is 53.5 Å². The maximum atomic E-state index is 12.2. The molecule has 124 valence electrons. The number of benzene rings is 2. The second-order valence-corrected chi connectivity index (χ2v) is 6.07. The van der Waals surface area contributed by atoms with Crippen molar-refractivity contribution < 1.29 is 9.53 Å². The molecular formula is C18H18ClN3O2. The van der Waals surface area contributed by atoms with Gasteiger partial charge in [-0.2, -0.15) is 0 Å². The predicted octanol–water partition coefficient (Wildman–Crippen LogP) is 3.24. The van der Waals surface area contributed by atoms with Crippen LogP contribution in [0.4, 0.5) is 5.69 Å². The molecule has 3 rings (SSSR count). The number of nitrogens with one attached hydrogen (secondary N) is 1. The zero-order valence-corrected chi connectivity index (χ0v) is 13.8. The summed E-state index contributed by atoms with van der Waals surface area (Å²) in [6, 6.07) is 15.0. The van der Waals surface area contributed by atoms with Gasteiger partial charge in [-0.25, -0.2) is 4.99 Å². The summed E-state index contributed by atoms with van der Waals surface area (Å²) in [6.45, 7) is 0.541. The number of aryl methyl sites for hydroxylation is 1. The van der Waals surface area contributed by atoms with E-state index < -0.39 is 0 Å². The molecule has 0 radical (unpaired) electrons. The highest BCUT2D eigenvalue weighted by molar-refractivity contribution is 6.30. The Morgan fingerprint density at radius 3 is 2.79 bits per heavy atom. The average molecular weight is 344 g/mol. The molecule has 0 spiro atoms. The van der Waals surface area contributed by atoms with Gasteiger partial charge in [-0.1, -0.05) is 23.7 Å². The standard InChI is InChI=1S/C18H18ClN3O2/c19-14-7-5-13(6-8-14)17(23)21-15-3-1-2-12(10-15)4-9-16-11-24-18(20)22-16/h1-3,5-8,10,16H,4,9,11H2,(H2,20,22)(H,21,23)/t16-/m0/s1. The number of amides is 1. The van der Waals surface area contributed by atoms with E-state index in [2.05, 4.69) is 10.3 Å². The maximum absolute atomic E-state index is 12.2. The second-order valence-electron chi connectivity index (χ2n) is 5.63. The summed E-state index contributed by atoms with van der Waals surface area (Å²) < 4.78 is 5.15. The Morgan fingerprint density at radius 1 is 1.29 bits per heavy atom. The molecule has 24 heavy (non-hydrogen) atoms. The minimum absolute atomic E-state index is 0.109. The van der Waals surface area contributed by atoms with Gasteiger partial charge >= 0.3 is 0 Å². The first-order chi connectivity index (χ1) is 11.6. The Morgan fingerprint density at radius 2 is 2.08 bits per heavy atom. The van der Waals surface area contributed by atoms with Gasteiger partial charge in [-0.05, 0) is 54.8 Å². The molecule has 1 aliphatic rings. The smallest absolute Gasteiger partial charge is 0.282 e. The second kappa shape index (κ2) is 7.36. The first-order valence-electron chi connectivity index (χ1n) is 7.72. The molecule has 0 aliphatic carbocycles. The molecule has 0 bridgehead atoms. The molecule has 2 aromatic carbocycles. The molecule has 0 unspecified atom stereocenters. The fraction of sp³-hybridized carbons (Fsp3) is 0.222. The van der Waals surface area contributed by atoms with E-state index in [-0.39, 0.29) is 18.0 Å². The van der Waals surface area contributed by atoms with Crippen molar-refractivity contribution in [1.82, 2.24) is 0 Å². The van der Waals surface area contributed by atoms with Crippen LogP contribution in [0.25, 0.3) is 0 Å². The predicted molar refractivity (Wildman–Crippen MR) is 95.5 cm³/mol. The molecule has 1 atom stereocenters. The van der Waals surface area contributed by atoms with E-state index in [9.17, 15) is 4.79 Å². The van der Waals surface area contributed by atoms with E-state index in [1.165, 1.54) is 0 Å². The Balaban J connectivity index is 1.60. The number of amidine groups is 1. The molecule has 0 fully saturated rings. The highest BCUT2D eigenvalue weighted by Gasteiger charge is 2.16. The zero-order chi connectivity index (χ0) is 16.9. The van der Waals surface area contributed by atoms with Crippen molar-refractivity contribution in [2.75, 3.05) is 11.9 Å². The first kappa shape index (κ1) is 16.3. The average Bonchev–Trinajstić information content (AvgIpc) is 2.99. The van der Waals surface area contributed by atoms with E-state index in [0.717, 1.165) is 24.1 Å². The fourth-order valence-corrected chi connectivity index (χ4v) is 2.65. The van der Waals surface area contributed by atoms with Crippen LogP contribution in [-0.4, -0.2) is 24.6 Å². The van der Waals surface area contributed by atoms with Crippen LogP contribution in [0, 0.1) is 0 Å². The van der Waals surface area contributed by atoms with Gasteiger partial charge in [-0.3, -0.25) is 4.79 Å². The van der Waals surface area contributed by atoms with Crippen LogP contribution >= 0.6 is 11.6 Å². The van der Waals surface area contributed by atoms with Crippen molar-refractivity contribution in [3.8, 4) is 0 Å². The van der Waals surface area contributed by atoms with Gasteiger partial charge in [0.25, 0.3) is 11.9 Å². The lowest BCUT2D eigenvalue weighted by molar-refractivity contribution is 0.102. The number of hydrogen-bond acceptors (Lipinski definition) is 4. The van der Waals surface area contributed by atoms with Crippen molar-refractivity contribution in [3.63, 3.8) is 0 Å². The molecule has 5 nitrogen and oxygen atoms in total. The van der Waals surface area contributed by atoms with Gasteiger partial charge in [0.05, 0.1) is 6.04 Å². The van der Waals surface area contributed by atoms with E-state index in [1.807, 2.05) is 24.3 Å². The number of anilines is 1. The SMILES string of the molecule is NC1=N[C@@H](CCc2cccc(NC(=O)c3ccc(Cl)cc3)c2)CO1. The lowest BCUT2D eigenvalue weighted by atomic mass is 10.1. The number of halogens is 1. The summed E-state index contributed by atoms with van der Waals surface area (Å²) in [5, 5.41) is 3.50. The lowest BCUT2D eigenvalue weighted by Gasteiger charge is -2.09. The zero-order valence-electron chi connectivity index (χ0n) is 13.0. The summed E-state index contributed by atoms with van der Waals surface area (Å²) >= 11 is 5.84. The van der Waals surface area contributed by atoms with Crippen LogP contribution in [0.1, 0.15) is 22.3 Å². The Bertz CT molecular complexity index is 759. The van der Waals surface area contributed by atoms with Crippen LogP contribution in [0.3, 0.4) is 0 Å². The Hall–Kier alpha value is -2.53. The summed E-state index contributed by atoms with van der Waals surface area (Å²) in [5.74, 6) is -0.162. The van der Waals surface area contributed by atoms with Crippen molar-refractivity contribution in [2.24, 2.45) is 10.7 Å². The molecule has 0 saturated heterocycles.